The molecule has 0 fully saturated rings. The van der Waals surface area contributed by atoms with Crippen LogP contribution in [0.4, 0.5) is 10.4 Å². The van der Waals surface area contributed by atoms with E-state index < -0.39 is 6.01 Å². The molecule has 0 aromatic carbocycles. The zero-order valence-corrected chi connectivity index (χ0v) is 5.89. The lowest BCUT2D eigenvalue weighted by molar-refractivity contribution is 0.360. The molecule has 0 bridgehead atoms. The summed E-state index contributed by atoms with van der Waals surface area (Å²) < 4.78 is 16.9. The summed E-state index contributed by atoms with van der Waals surface area (Å²) in [6.07, 6.45) is 0. The van der Waals surface area contributed by atoms with Crippen molar-refractivity contribution in [3.05, 3.63) is 11.7 Å². The second kappa shape index (κ2) is 2.28. The molecule has 2 N–H and O–H groups in total. The lowest BCUT2D eigenvalue weighted by atomic mass is 10.2. The third-order valence-electron chi connectivity index (χ3n) is 1.17. The Balaban J connectivity index is 3.03. The van der Waals surface area contributed by atoms with E-state index >= 15 is 0 Å². The lowest BCUT2D eigenvalue weighted by Crippen LogP contribution is -1.91. The highest BCUT2D eigenvalue weighted by Gasteiger charge is 2.13. The number of anilines is 1. The van der Waals surface area contributed by atoms with E-state index in [1.54, 1.807) is 0 Å². The first kappa shape index (κ1) is 7.05. The number of aromatic nitrogens is 1. The van der Waals surface area contributed by atoms with Crippen LogP contribution >= 0.6 is 0 Å². The molecule has 1 aromatic heterocycles. The van der Waals surface area contributed by atoms with Gasteiger partial charge in [-0.3, -0.25) is 0 Å². The van der Waals surface area contributed by atoms with Crippen molar-refractivity contribution in [2.24, 2.45) is 0 Å². The van der Waals surface area contributed by atoms with E-state index in [-0.39, 0.29) is 17.6 Å². The minimum absolute atomic E-state index is 0.0149. The maximum atomic E-state index is 12.6. The van der Waals surface area contributed by atoms with E-state index in [1.165, 1.54) is 0 Å². The quantitative estimate of drug-likeness (QED) is 0.650. The minimum Gasteiger partial charge on any atom is -0.397 e. The molecule has 0 aliphatic carbocycles. The van der Waals surface area contributed by atoms with Gasteiger partial charge in [-0.1, -0.05) is 13.8 Å². The number of oxazole rings is 1. The standard InChI is InChI=1S/C6H9FN2O/c1-3(2)4-5(7)10-6(8)9-4/h3H,1-2H3,(H2,8,9). The van der Waals surface area contributed by atoms with Crippen molar-refractivity contribution in [2.75, 3.05) is 5.73 Å². The number of halogens is 1. The number of nitrogens with two attached hydrogens (primary N) is 1. The van der Waals surface area contributed by atoms with Crippen LogP contribution in [0.5, 0.6) is 0 Å². The molecule has 0 radical (unpaired) electrons. The Kier molecular flexibility index (Phi) is 1.61. The largest absolute Gasteiger partial charge is 0.397 e. The fraction of sp³-hybridized carbons (Fsp3) is 0.500. The van der Waals surface area contributed by atoms with Crippen LogP contribution in [-0.4, -0.2) is 4.98 Å². The molecule has 10 heavy (non-hydrogen) atoms. The van der Waals surface area contributed by atoms with Gasteiger partial charge in [0.15, 0.2) is 0 Å². The molecular formula is C6H9FN2O. The van der Waals surface area contributed by atoms with Gasteiger partial charge in [0, 0.05) is 5.92 Å². The molecule has 0 saturated heterocycles. The molecule has 0 atom stereocenters. The van der Waals surface area contributed by atoms with Crippen molar-refractivity contribution in [1.82, 2.24) is 4.98 Å². The van der Waals surface area contributed by atoms with E-state index in [4.69, 9.17) is 5.73 Å². The Morgan fingerprint density at radius 3 is 2.40 bits per heavy atom. The summed E-state index contributed by atoms with van der Waals surface area (Å²) in [6.45, 7) is 3.64. The van der Waals surface area contributed by atoms with Crippen LogP contribution in [0.3, 0.4) is 0 Å². The number of hydrogen-bond donors (Lipinski definition) is 1. The first-order valence-electron chi connectivity index (χ1n) is 3.03. The van der Waals surface area contributed by atoms with Crippen LogP contribution in [0.15, 0.2) is 4.42 Å². The van der Waals surface area contributed by atoms with Gasteiger partial charge < -0.3 is 10.2 Å². The van der Waals surface area contributed by atoms with Crippen molar-refractivity contribution in [3.63, 3.8) is 0 Å². The van der Waals surface area contributed by atoms with E-state index in [0.717, 1.165) is 0 Å². The van der Waals surface area contributed by atoms with Crippen molar-refractivity contribution < 1.29 is 8.81 Å². The van der Waals surface area contributed by atoms with Gasteiger partial charge in [0.1, 0.15) is 5.69 Å². The highest BCUT2D eigenvalue weighted by Crippen LogP contribution is 2.18. The fourth-order valence-corrected chi connectivity index (χ4v) is 0.686. The summed E-state index contributed by atoms with van der Waals surface area (Å²) in [6, 6.07) is -0.784. The molecule has 56 valence electrons. The van der Waals surface area contributed by atoms with Gasteiger partial charge in [-0.15, -0.1) is 0 Å². The van der Waals surface area contributed by atoms with Crippen LogP contribution in [0.2, 0.25) is 0 Å². The topological polar surface area (TPSA) is 52.0 Å². The zero-order valence-electron chi connectivity index (χ0n) is 5.89. The lowest BCUT2D eigenvalue weighted by Gasteiger charge is -1.94. The second-order valence-corrected chi connectivity index (χ2v) is 2.37. The molecule has 0 aliphatic rings. The Morgan fingerprint density at radius 2 is 2.20 bits per heavy atom. The smallest absolute Gasteiger partial charge is 0.302 e. The summed E-state index contributed by atoms with van der Waals surface area (Å²) in [7, 11) is 0. The Bertz CT molecular complexity index is 232. The SMILES string of the molecule is CC(C)c1nc(N)oc1F. The molecule has 0 amide bonds. The third kappa shape index (κ3) is 1.10. The van der Waals surface area contributed by atoms with E-state index in [9.17, 15) is 4.39 Å². The summed E-state index contributed by atoms with van der Waals surface area (Å²) in [5.41, 5.74) is 5.39. The van der Waals surface area contributed by atoms with Gasteiger partial charge in [0.05, 0.1) is 0 Å². The Hall–Kier alpha value is -1.06. The molecule has 1 rings (SSSR count). The first-order chi connectivity index (χ1) is 4.61. The van der Waals surface area contributed by atoms with Crippen molar-refractivity contribution in [1.29, 1.82) is 0 Å². The van der Waals surface area contributed by atoms with Crippen molar-refractivity contribution in [2.45, 2.75) is 19.8 Å². The average Bonchev–Trinajstić information content (AvgIpc) is 2.10. The van der Waals surface area contributed by atoms with Gasteiger partial charge in [-0.05, 0) is 0 Å². The van der Waals surface area contributed by atoms with Crippen LogP contribution in [0, 0.1) is 6.01 Å². The van der Waals surface area contributed by atoms with Crippen molar-refractivity contribution >= 4 is 6.01 Å². The van der Waals surface area contributed by atoms with Crippen LogP contribution < -0.4 is 5.73 Å². The first-order valence-corrected chi connectivity index (χ1v) is 3.03. The highest BCUT2D eigenvalue weighted by atomic mass is 19.1. The fourth-order valence-electron chi connectivity index (χ4n) is 0.686. The van der Waals surface area contributed by atoms with Crippen LogP contribution in [0.1, 0.15) is 25.5 Å². The predicted molar refractivity (Wildman–Crippen MR) is 35.0 cm³/mol. The van der Waals surface area contributed by atoms with E-state index in [0.29, 0.717) is 0 Å². The molecule has 0 spiro atoms. The summed E-state index contributed by atoms with van der Waals surface area (Å²) >= 11 is 0. The van der Waals surface area contributed by atoms with Crippen LogP contribution in [-0.2, 0) is 0 Å². The molecule has 3 nitrogen and oxygen atoms in total. The minimum atomic E-state index is -0.674. The maximum Gasteiger partial charge on any atom is 0.302 e. The second-order valence-electron chi connectivity index (χ2n) is 2.37. The number of nitrogen functional groups attached to an aromatic ring is 1. The maximum absolute atomic E-state index is 12.6. The molecule has 1 aromatic rings. The summed E-state index contributed by atoms with van der Waals surface area (Å²) in [5.74, 6) is 0.0149. The molecule has 4 heteroatoms. The number of rotatable bonds is 1. The molecule has 0 aliphatic heterocycles. The predicted octanol–water partition coefficient (Wildman–Crippen LogP) is 1.52. The summed E-state index contributed by atoms with van der Waals surface area (Å²) in [5, 5.41) is 0. The average molecular weight is 144 g/mol. The van der Waals surface area contributed by atoms with Crippen molar-refractivity contribution in [3.8, 4) is 0 Å². The van der Waals surface area contributed by atoms with Gasteiger partial charge in [0.2, 0.25) is 0 Å². The van der Waals surface area contributed by atoms with Gasteiger partial charge in [-0.2, -0.15) is 9.37 Å². The van der Waals surface area contributed by atoms with Gasteiger partial charge in [-0.25, -0.2) is 0 Å². The molecule has 0 saturated carbocycles. The normalized spacial score (nSPS) is 10.8. The Labute approximate surface area is 58.0 Å². The van der Waals surface area contributed by atoms with Crippen LogP contribution in [0.25, 0.3) is 0 Å². The third-order valence-corrected chi connectivity index (χ3v) is 1.17. The zero-order chi connectivity index (χ0) is 7.72. The number of nitrogens with zero attached hydrogens (tertiary/aromatic N) is 1. The number of hydrogen-bond acceptors (Lipinski definition) is 3. The van der Waals surface area contributed by atoms with Gasteiger partial charge in [0.25, 0.3) is 6.01 Å². The van der Waals surface area contributed by atoms with Gasteiger partial charge >= 0.3 is 6.01 Å². The van der Waals surface area contributed by atoms with E-state index in [2.05, 4.69) is 9.40 Å². The molecule has 1 heterocycles. The molecule has 0 unspecified atom stereocenters. The van der Waals surface area contributed by atoms with E-state index in [1.807, 2.05) is 13.8 Å². The highest BCUT2D eigenvalue weighted by molar-refractivity contribution is 5.15. The Morgan fingerprint density at radius 1 is 1.60 bits per heavy atom. The monoisotopic (exact) mass is 144 g/mol. The molecular weight excluding hydrogens is 135 g/mol. The summed E-state index contributed by atoms with van der Waals surface area (Å²) in [4.78, 5) is 3.65.